The largest absolute Gasteiger partial charge is 0.475 e. The molecule has 6 nitrogen and oxygen atoms in total. The van der Waals surface area contributed by atoms with E-state index in [1.54, 1.807) is 28.2 Å². The van der Waals surface area contributed by atoms with E-state index in [9.17, 15) is 4.79 Å². The third-order valence-electron chi connectivity index (χ3n) is 0.832. The standard InChI is InChI=1S/C6H14N4O2/c1-9(2)7-5(6(11)12)8-10(3)4/h1-4H3,(H,7,8)(H,11,12). The minimum absolute atomic E-state index is 0.106. The Morgan fingerprint density at radius 2 is 1.83 bits per heavy atom. The van der Waals surface area contributed by atoms with Crippen LogP contribution in [0.2, 0.25) is 0 Å². The molecule has 0 aliphatic heterocycles. The number of carbonyl (C=O) groups is 1. The fraction of sp³-hybridized carbons (Fsp3) is 0.667. The van der Waals surface area contributed by atoms with Gasteiger partial charge in [-0.05, 0) is 0 Å². The van der Waals surface area contributed by atoms with Gasteiger partial charge in [0.05, 0.1) is 0 Å². The van der Waals surface area contributed by atoms with E-state index in [1.807, 2.05) is 0 Å². The summed E-state index contributed by atoms with van der Waals surface area (Å²) in [6.07, 6.45) is 0. The molecule has 0 unspecified atom stereocenters. The van der Waals surface area contributed by atoms with E-state index in [4.69, 9.17) is 5.11 Å². The number of nitrogens with zero attached hydrogens (tertiary/aromatic N) is 3. The van der Waals surface area contributed by atoms with Crippen LogP contribution in [0.3, 0.4) is 0 Å². The Morgan fingerprint density at radius 3 is 2.08 bits per heavy atom. The number of hydrazone groups is 1. The Bertz CT molecular complexity index is 188. The summed E-state index contributed by atoms with van der Waals surface area (Å²) in [5.41, 5.74) is 2.55. The first-order valence-electron chi connectivity index (χ1n) is 3.36. The second-order valence-corrected chi connectivity index (χ2v) is 2.61. The fourth-order valence-electron chi connectivity index (χ4n) is 0.525. The summed E-state index contributed by atoms with van der Waals surface area (Å²) in [5.74, 6) is -1.19. The summed E-state index contributed by atoms with van der Waals surface area (Å²) in [6, 6.07) is 0. The molecule has 0 aliphatic carbocycles. The third-order valence-corrected chi connectivity index (χ3v) is 0.832. The van der Waals surface area contributed by atoms with Gasteiger partial charge in [-0.3, -0.25) is 5.43 Å². The summed E-state index contributed by atoms with van der Waals surface area (Å²) in [6.45, 7) is 0. The molecule has 70 valence electrons. The fourth-order valence-corrected chi connectivity index (χ4v) is 0.525. The van der Waals surface area contributed by atoms with Crippen molar-refractivity contribution >= 4 is 11.8 Å². The van der Waals surface area contributed by atoms with Gasteiger partial charge in [-0.15, -0.1) is 0 Å². The molecule has 0 radical (unpaired) electrons. The lowest BCUT2D eigenvalue weighted by Gasteiger charge is -2.14. The lowest BCUT2D eigenvalue weighted by Crippen LogP contribution is -2.41. The summed E-state index contributed by atoms with van der Waals surface area (Å²) >= 11 is 0. The Morgan fingerprint density at radius 1 is 1.33 bits per heavy atom. The highest BCUT2D eigenvalue weighted by Crippen LogP contribution is 1.80. The predicted molar refractivity (Wildman–Crippen MR) is 45.6 cm³/mol. The molecule has 0 amide bonds. The maximum Gasteiger partial charge on any atom is 0.374 e. The van der Waals surface area contributed by atoms with Crippen molar-refractivity contribution in [3.05, 3.63) is 0 Å². The summed E-state index contributed by atoms with van der Waals surface area (Å²) < 4.78 is 0. The van der Waals surface area contributed by atoms with Gasteiger partial charge in [-0.2, -0.15) is 5.10 Å². The monoisotopic (exact) mass is 174 g/mol. The van der Waals surface area contributed by atoms with Crippen molar-refractivity contribution in [2.75, 3.05) is 28.2 Å². The van der Waals surface area contributed by atoms with Crippen LogP contribution < -0.4 is 5.43 Å². The summed E-state index contributed by atoms with van der Waals surface area (Å²) in [4.78, 5) is 10.5. The quantitative estimate of drug-likeness (QED) is 0.320. The van der Waals surface area contributed by atoms with Crippen LogP contribution in [-0.2, 0) is 4.79 Å². The number of carboxylic acids is 1. The molecule has 0 saturated carbocycles. The maximum absolute atomic E-state index is 10.5. The van der Waals surface area contributed by atoms with E-state index < -0.39 is 5.97 Å². The van der Waals surface area contributed by atoms with Crippen LogP contribution in [0.5, 0.6) is 0 Å². The molecular formula is C6H14N4O2. The Kier molecular flexibility index (Phi) is 4.06. The molecule has 0 aromatic carbocycles. The molecule has 0 rings (SSSR count). The minimum Gasteiger partial charge on any atom is -0.475 e. The van der Waals surface area contributed by atoms with Crippen molar-refractivity contribution in [1.82, 2.24) is 15.4 Å². The number of hydrogen-bond donors (Lipinski definition) is 2. The molecule has 0 aromatic heterocycles. The highest BCUT2D eigenvalue weighted by atomic mass is 16.4. The first-order chi connectivity index (χ1) is 5.43. The molecule has 6 heteroatoms. The number of carboxylic acid groups (broad SMARTS) is 1. The Hall–Kier alpha value is -1.30. The van der Waals surface area contributed by atoms with Crippen LogP contribution in [0.4, 0.5) is 0 Å². The van der Waals surface area contributed by atoms with Crippen LogP contribution in [0.1, 0.15) is 0 Å². The predicted octanol–water partition coefficient (Wildman–Crippen LogP) is -0.988. The van der Waals surface area contributed by atoms with E-state index in [-0.39, 0.29) is 5.84 Å². The highest BCUT2D eigenvalue weighted by molar-refractivity contribution is 6.34. The lowest BCUT2D eigenvalue weighted by molar-refractivity contribution is -0.129. The number of rotatable bonds is 2. The van der Waals surface area contributed by atoms with Gasteiger partial charge in [0.1, 0.15) is 0 Å². The van der Waals surface area contributed by atoms with Crippen LogP contribution in [0.25, 0.3) is 0 Å². The van der Waals surface area contributed by atoms with Gasteiger partial charge in [-0.25, -0.2) is 9.80 Å². The molecule has 0 aromatic rings. The molecule has 0 fully saturated rings. The van der Waals surface area contributed by atoms with E-state index in [0.717, 1.165) is 0 Å². The first kappa shape index (κ1) is 10.7. The highest BCUT2D eigenvalue weighted by Gasteiger charge is 2.09. The number of hydrazine groups is 1. The van der Waals surface area contributed by atoms with Gasteiger partial charge in [0.25, 0.3) is 0 Å². The number of hydrogen-bond acceptors (Lipinski definition) is 4. The van der Waals surface area contributed by atoms with Crippen molar-refractivity contribution in [3.63, 3.8) is 0 Å². The normalized spacial score (nSPS) is 11.6. The second kappa shape index (κ2) is 4.55. The zero-order valence-corrected chi connectivity index (χ0v) is 7.70. The van der Waals surface area contributed by atoms with Crippen LogP contribution >= 0.6 is 0 Å². The van der Waals surface area contributed by atoms with Crippen molar-refractivity contribution in [2.24, 2.45) is 5.10 Å². The minimum atomic E-state index is -1.09. The molecule has 0 bridgehead atoms. The smallest absolute Gasteiger partial charge is 0.374 e. The second-order valence-electron chi connectivity index (χ2n) is 2.61. The average molecular weight is 174 g/mol. The lowest BCUT2D eigenvalue weighted by atomic mass is 10.6. The summed E-state index contributed by atoms with van der Waals surface area (Å²) in [7, 11) is 6.68. The first-order valence-corrected chi connectivity index (χ1v) is 3.36. The zero-order chi connectivity index (χ0) is 9.72. The number of aliphatic carboxylic acids is 1. The molecule has 0 saturated heterocycles. The van der Waals surface area contributed by atoms with Gasteiger partial charge in [0.2, 0.25) is 5.84 Å². The molecule has 0 spiro atoms. The number of nitrogens with one attached hydrogen (secondary N) is 1. The van der Waals surface area contributed by atoms with Crippen molar-refractivity contribution in [3.8, 4) is 0 Å². The molecule has 0 aliphatic rings. The van der Waals surface area contributed by atoms with Gasteiger partial charge in [0.15, 0.2) is 0 Å². The van der Waals surface area contributed by atoms with E-state index in [1.165, 1.54) is 10.0 Å². The van der Waals surface area contributed by atoms with Gasteiger partial charge >= 0.3 is 5.97 Å². The van der Waals surface area contributed by atoms with E-state index in [2.05, 4.69) is 10.5 Å². The molecule has 12 heavy (non-hydrogen) atoms. The third kappa shape index (κ3) is 4.51. The molecule has 0 heterocycles. The molecule has 2 N–H and O–H groups in total. The van der Waals surface area contributed by atoms with Crippen molar-refractivity contribution < 1.29 is 9.90 Å². The van der Waals surface area contributed by atoms with Crippen LogP contribution in [-0.4, -0.2) is 55.1 Å². The van der Waals surface area contributed by atoms with Gasteiger partial charge in [-0.1, -0.05) is 0 Å². The van der Waals surface area contributed by atoms with E-state index in [0.29, 0.717) is 0 Å². The SMILES string of the molecule is CN(C)N=C(NN(C)C)C(=O)O. The topological polar surface area (TPSA) is 68.2 Å². The zero-order valence-electron chi connectivity index (χ0n) is 7.70. The number of amidine groups is 1. The van der Waals surface area contributed by atoms with Crippen LogP contribution in [0.15, 0.2) is 5.10 Å². The van der Waals surface area contributed by atoms with Crippen LogP contribution in [0, 0.1) is 0 Å². The summed E-state index contributed by atoms with van der Waals surface area (Å²) in [5, 5.41) is 15.3. The molecule has 0 atom stereocenters. The van der Waals surface area contributed by atoms with Gasteiger partial charge < -0.3 is 10.1 Å². The van der Waals surface area contributed by atoms with Crippen molar-refractivity contribution in [2.45, 2.75) is 0 Å². The van der Waals surface area contributed by atoms with Crippen molar-refractivity contribution in [1.29, 1.82) is 0 Å². The Labute approximate surface area is 71.4 Å². The molecular weight excluding hydrogens is 160 g/mol. The maximum atomic E-state index is 10.5. The van der Waals surface area contributed by atoms with Gasteiger partial charge in [0, 0.05) is 28.2 Å². The average Bonchev–Trinajstić information content (AvgIpc) is 1.83. The Balaban J connectivity index is 4.34. The van der Waals surface area contributed by atoms with E-state index >= 15 is 0 Å².